The topological polar surface area (TPSA) is 42.4 Å². The summed E-state index contributed by atoms with van der Waals surface area (Å²) in [5.41, 5.74) is 1.21. The average molecular weight is 259 g/mol. The molecule has 0 unspecified atom stereocenters. The molecule has 0 N–H and O–H groups in total. The Morgan fingerprint density at radius 3 is 2.86 bits per heavy atom. The first-order valence-electron chi connectivity index (χ1n) is 4.00. The van der Waals surface area contributed by atoms with Gasteiger partial charge in [0.15, 0.2) is 0 Å². The number of hydrogen-bond donors (Lipinski definition) is 0. The molecule has 0 atom stereocenters. The lowest BCUT2D eigenvalue weighted by atomic mass is 10.2. The quantitative estimate of drug-likeness (QED) is 0.760. The number of pyridine rings is 1. The fourth-order valence-electron chi connectivity index (χ4n) is 0.977. The van der Waals surface area contributed by atoms with E-state index in [0.717, 1.165) is 9.54 Å². The van der Waals surface area contributed by atoms with E-state index in [1.54, 1.807) is 26.2 Å². The van der Waals surface area contributed by atoms with Crippen LogP contribution in [0.25, 0.3) is 0 Å². The van der Waals surface area contributed by atoms with Gasteiger partial charge in [-0.25, -0.2) is 5.06 Å². The second-order valence-electron chi connectivity index (χ2n) is 2.77. The maximum absolute atomic E-state index is 11.7. The van der Waals surface area contributed by atoms with Crippen molar-refractivity contribution in [1.29, 1.82) is 0 Å². The molecular weight excluding hydrogens is 248 g/mol. The molecule has 0 saturated heterocycles. The lowest BCUT2D eigenvalue weighted by molar-refractivity contribution is -0.0757. The van der Waals surface area contributed by atoms with Crippen molar-refractivity contribution in [3.63, 3.8) is 0 Å². The highest BCUT2D eigenvalue weighted by Gasteiger charge is 2.14. The first kappa shape index (κ1) is 11.1. The lowest BCUT2D eigenvalue weighted by Crippen LogP contribution is -2.26. The molecule has 0 bridgehead atoms. The summed E-state index contributed by atoms with van der Waals surface area (Å²) >= 11 is 3.26. The van der Waals surface area contributed by atoms with Gasteiger partial charge in [-0.1, -0.05) is 0 Å². The summed E-state index contributed by atoms with van der Waals surface area (Å²) in [6, 6.07) is 1.72. The van der Waals surface area contributed by atoms with E-state index >= 15 is 0 Å². The molecule has 0 saturated carbocycles. The maximum Gasteiger partial charge on any atom is 0.279 e. The summed E-state index contributed by atoms with van der Waals surface area (Å²) in [7, 11) is 3.00. The van der Waals surface area contributed by atoms with Crippen molar-refractivity contribution >= 4 is 21.8 Å². The molecule has 76 valence electrons. The molecule has 1 heterocycles. The first-order valence-corrected chi connectivity index (χ1v) is 4.80. The number of carbonyl (C=O) groups is 1. The number of rotatable bonds is 2. The fourth-order valence-corrected chi connectivity index (χ4v) is 1.31. The average Bonchev–Trinajstić information content (AvgIpc) is 2.19. The largest absolute Gasteiger partial charge is 0.279 e. The standard InChI is InChI=1S/C9H11BrN2O2/c1-6-8(4-7(10)5-11-6)9(13)12(2)14-3/h4-5H,1-3H3. The van der Waals surface area contributed by atoms with Gasteiger partial charge in [0.05, 0.1) is 18.4 Å². The summed E-state index contributed by atoms with van der Waals surface area (Å²) < 4.78 is 0.774. The predicted molar refractivity (Wildman–Crippen MR) is 55.8 cm³/mol. The number of amides is 1. The van der Waals surface area contributed by atoms with E-state index in [-0.39, 0.29) is 5.91 Å². The summed E-state index contributed by atoms with van der Waals surface area (Å²) in [5.74, 6) is -0.209. The fraction of sp³-hybridized carbons (Fsp3) is 0.333. The van der Waals surface area contributed by atoms with Crippen molar-refractivity contribution in [2.45, 2.75) is 6.92 Å². The number of aromatic nitrogens is 1. The number of carbonyl (C=O) groups excluding carboxylic acids is 1. The van der Waals surface area contributed by atoms with Crippen molar-refractivity contribution in [1.82, 2.24) is 10.0 Å². The van der Waals surface area contributed by atoms with Gasteiger partial charge in [0.2, 0.25) is 0 Å². The molecule has 1 rings (SSSR count). The predicted octanol–water partition coefficient (Wildman–Crippen LogP) is 1.79. The number of halogens is 1. The molecule has 0 fully saturated rings. The van der Waals surface area contributed by atoms with E-state index in [9.17, 15) is 4.79 Å². The van der Waals surface area contributed by atoms with Crippen LogP contribution in [0.5, 0.6) is 0 Å². The van der Waals surface area contributed by atoms with Gasteiger partial charge in [-0.15, -0.1) is 0 Å². The number of nitrogens with zero attached hydrogens (tertiary/aromatic N) is 2. The third kappa shape index (κ3) is 2.30. The highest BCUT2D eigenvalue weighted by Crippen LogP contribution is 2.14. The third-order valence-corrected chi connectivity index (χ3v) is 2.28. The summed E-state index contributed by atoms with van der Waals surface area (Å²) in [6.45, 7) is 1.78. The smallest absolute Gasteiger partial charge is 0.274 e. The maximum atomic E-state index is 11.7. The van der Waals surface area contributed by atoms with Crippen molar-refractivity contribution in [2.24, 2.45) is 0 Å². The van der Waals surface area contributed by atoms with Crippen molar-refractivity contribution in [3.05, 3.63) is 28.0 Å². The molecule has 4 nitrogen and oxygen atoms in total. The zero-order valence-electron chi connectivity index (χ0n) is 8.24. The molecular formula is C9H11BrN2O2. The van der Waals surface area contributed by atoms with Crippen LogP contribution < -0.4 is 0 Å². The Morgan fingerprint density at radius 2 is 2.29 bits per heavy atom. The molecule has 1 amide bonds. The Hall–Kier alpha value is -0.940. The van der Waals surface area contributed by atoms with E-state index in [4.69, 9.17) is 4.84 Å². The van der Waals surface area contributed by atoms with E-state index in [1.165, 1.54) is 7.11 Å². The normalized spacial score (nSPS) is 10.0. The van der Waals surface area contributed by atoms with Crippen LogP contribution in [0.15, 0.2) is 16.7 Å². The minimum Gasteiger partial charge on any atom is -0.274 e. The SMILES string of the molecule is CON(C)C(=O)c1cc(Br)cnc1C. The Morgan fingerprint density at radius 1 is 1.64 bits per heavy atom. The van der Waals surface area contributed by atoms with Crippen LogP contribution >= 0.6 is 15.9 Å². The lowest BCUT2D eigenvalue weighted by Gasteiger charge is -2.14. The van der Waals surface area contributed by atoms with Gasteiger partial charge < -0.3 is 0 Å². The number of aryl methyl sites for hydroxylation is 1. The highest BCUT2D eigenvalue weighted by molar-refractivity contribution is 9.10. The van der Waals surface area contributed by atoms with Crippen LogP contribution in [0.2, 0.25) is 0 Å². The molecule has 5 heteroatoms. The second kappa shape index (κ2) is 4.52. The van der Waals surface area contributed by atoms with Gasteiger partial charge in [0.25, 0.3) is 5.91 Å². The van der Waals surface area contributed by atoms with Crippen LogP contribution in [0.3, 0.4) is 0 Å². The minimum atomic E-state index is -0.209. The van der Waals surface area contributed by atoms with Gasteiger partial charge in [-0.2, -0.15) is 0 Å². The summed E-state index contributed by atoms with van der Waals surface area (Å²) in [4.78, 5) is 20.6. The third-order valence-electron chi connectivity index (χ3n) is 1.84. The Labute approximate surface area is 91.0 Å². The Bertz CT molecular complexity index is 355. The van der Waals surface area contributed by atoms with E-state index in [0.29, 0.717) is 11.3 Å². The van der Waals surface area contributed by atoms with Crippen molar-refractivity contribution < 1.29 is 9.63 Å². The molecule has 0 aliphatic rings. The molecule has 0 aliphatic carbocycles. The van der Waals surface area contributed by atoms with Crippen molar-refractivity contribution in [3.8, 4) is 0 Å². The zero-order chi connectivity index (χ0) is 10.7. The van der Waals surface area contributed by atoms with Gasteiger partial charge in [0, 0.05) is 17.7 Å². The highest BCUT2D eigenvalue weighted by atomic mass is 79.9. The molecule has 14 heavy (non-hydrogen) atoms. The van der Waals surface area contributed by atoms with Crippen LogP contribution in [0.1, 0.15) is 16.1 Å². The number of hydroxylamine groups is 2. The van der Waals surface area contributed by atoms with Crippen LogP contribution in [-0.2, 0) is 4.84 Å². The van der Waals surface area contributed by atoms with Crippen LogP contribution in [-0.4, -0.2) is 30.1 Å². The van der Waals surface area contributed by atoms with Gasteiger partial charge in [-0.3, -0.25) is 14.6 Å². The van der Waals surface area contributed by atoms with E-state index in [1.807, 2.05) is 0 Å². The summed E-state index contributed by atoms with van der Waals surface area (Å²) in [6.07, 6.45) is 1.65. The van der Waals surface area contributed by atoms with Gasteiger partial charge in [0.1, 0.15) is 0 Å². The van der Waals surface area contributed by atoms with Crippen LogP contribution in [0.4, 0.5) is 0 Å². The summed E-state index contributed by atoms with van der Waals surface area (Å²) in [5, 5.41) is 1.16. The first-order chi connectivity index (χ1) is 6.56. The molecule has 0 aliphatic heterocycles. The molecule has 0 spiro atoms. The molecule has 0 aromatic carbocycles. The van der Waals surface area contributed by atoms with Crippen molar-refractivity contribution in [2.75, 3.05) is 14.2 Å². The van der Waals surface area contributed by atoms with E-state index < -0.39 is 0 Å². The second-order valence-corrected chi connectivity index (χ2v) is 3.69. The van der Waals surface area contributed by atoms with E-state index in [2.05, 4.69) is 20.9 Å². The zero-order valence-corrected chi connectivity index (χ0v) is 9.83. The molecule has 1 aromatic heterocycles. The minimum absolute atomic E-state index is 0.209. The molecule has 1 aromatic rings. The monoisotopic (exact) mass is 258 g/mol. The Kier molecular flexibility index (Phi) is 3.60. The van der Waals surface area contributed by atoms with Crippen LogP contribution in [0, 0.1) is 6.92 Å². The van der Waals surface area contributed by atoms with Gasteiger partial charge in [-0.05, 0) is 28.9 Å². The Balaban J connectivity index is 3.06. The number of hydrogen-bond acceptors (Lipinski definition) is 3. The molecule has 0 radical (unpaired) electrons. The van der Waals surface area contributed by atoms with Gasteiger partial charge >= 0.3 is 0 Å².